The maximum Gasteiger partial charge on any atom is 0.407 e. The van der Waals surface area contributed by atoms with E-state index in [0.29, 0.717) is 24.6 Å². The lowest BCUT2D eigenvalue weighted by Crippen LogP contribution is -2.44. The van der Waals surface area contributed by atoms with Crippen molar-refractivity contribution >= 4 is 36.0 Å². The smallest absolute Gasteiger partial charge is 0.407 e. The van der Waals surface area contributed by atoms with E-state index in [1.165, 1.54) is 6.07 Å². The molecule has 0 radical (unpaired) electrons. The molecular formula is C18H28FIN4O2. The zero-order chi connectivity index (χ0) is 18.4. The van der Waals surface area contributed by atoms with E-state index in [1.54, 1.807) is 25.2 Å². The molecule has 26 heavy (non-hydrogen) atoms. The second kappa shape index (κ2) is 9.94. The van der Waals surface area contributed by atoms with Crippen LogP contribution >= 0.6 is 24.0 Å². The number of halogens is 2. The van der Waals surface area contributed by atoms with E-state index in [0.717, 1.165) is 13.0 Å². The molecule has 1 aliphatic heterocycles. The van der Waals surface area contributed by atoms with Crippen LogP contribution in [0.2, 0.25) is 0 Å². The molecule has 1 unspecified atom stereocenters. The number of nitrogens with zero attached hydrogens (tertiary/aromatic N) is 2. The van der Waals surface area contributed by atoms with Crippen molar-refractivity contribution in [3.05, 3.63) is 35.6 Å². The van der Waals surface area contributed by atoms with Crippen LogP contribution in [0.3, 0.4) is 0 Å². The van der Waals surface area contributed by atoms with Gasteiger partial charge in [0.2, 0.25) is 0 Å². The number of amides is 1. The maximum absolute atomic E-state index is 13.7. The monoisotopic (exact) mass is 478 g/mol. The highest BCUT2D eigenvalue weighted by Crippen LogP contribution is 2.12. The predicted octanol–water partition coefficient (Wildman–Crippen LogP) is 3.12. The van der Waals surface area contributed by atoms with Crippen LogP contribution in [0.1, 0.15) is 32.8 Å². The Bertz CT molecular complexity index is 634. The summed E-state index contributed by atoms with van der Waals surface area (Å²) in [5.74, 6) is 0.452. The Morgan fingerprint density at radius 1 is 1.38 bits per heavy atom. The van der Waals surface area contributed by atoms with Gasteiger partial charge in [0.15, 0.2) is 5.96 Å². The molecule has 1 fully saturated rings. The fourth-order valence-electron chi connectivity index (χ4n) is 2.69. The molecule has 0 aromatic heterocycles. The lowest BCUT2D eigenvalue weighted by atomic mass is 10.2. The Labute approximate surface area is 171 Å². The molecule has 1 aliphatic rings. The number of hydrogen-bond donors (Lipinski definition) is 2. The van der Waals surface area contributed by atoms with Crippen LogP contribution in [0, 0.1) is 5.82 Å². The first-order chi connectivity index (χ1) is 11.8. The van der Waals surface area contributed by atoms with Gasteiger partial charge in [-0.3, -0.25) is 4.99 Å². The Kier molecular flexibility index (Phi) is 8.58. The van der Waals surface area contributed by atoms with Gasteiger partial charge in [-0.15, -0.1) is 24.0 Å². The van der Waals surface area contributed by atoms with Crippen molar-refractivity contribution < 1.29 is 13.9 Å². The van der Waals surface area contributed by atoms with E-state index < -0.39 is 11.7 Å². The number of ether oxygens (including phenoxy) is 1. The van der Waals surface area contributed by atoms with Gasteiger partial charge in [-0.05, 0) is 33.3 Å². The number of guanidine groups is 1. The number of rotatable bonds is 3. The van der Waals surface area contributed by atoms with Crippen molar-refractivity contribution in [3.63, 3.8) is 0 Å². The van der Waals surface area contributed by atoms with Crippen LogP contribution in [0.5, 0.6) is 0 Å². The Balaban J connectivity index is 0.00000338. The van der Waals surface area contributed by atoms with Crippen molar-refractivity contribution in [2.24, 2.45) is 4.99 Å². The number of hydrogen-bond acceptors (Lipinski definition) is 3. The van der Waals surface area contributed by atoms with Crippen molar-refractivity contribution in [2.45, 2.75) is 45.4 Å². The normalized spacial score (nSPS) is 17.5. The third-order valence-electron chi connectivity index (χ3n) is 3.82. The van der Waals surface area contributed by atoms with Crippen LogP contribution in [0.15, 0.2) is 29.3 Å². The minimum Gasteiger partial charge on any atom is -0.444 e. The third kappa shape index (κ3) is 6.97. The van der Waals surface area contributed by atoms with Crippen molar-refractivity contribution in [1.82, 2.24) is 15.5 Å². The molecule has 0 aliphatic carbocycles. The molecule has 6 nitrogen and oxygen atoms in total. The Morgan fingerprint density at radius 3 is 2.69 bits per heavy atom. The summed E-state index contributed by atoms with van der Waals surface area (Å²) in [6.07, 6.45) is 0.397. The predicted molar refractivity (Wildman–Crippen MR) is 111 cm³/mol. The second-order valence-electron chi connectivity index (χ2n) is 7.07. The molecule has 1 aromatic carbocycles. The lowest BCUT2D eigenvalue weighted by molar-refractivity contribution is 0.0507. The summed E-state index contributed by atoms with van der Waals surface area (Å²) in [5.41, 5.74) is 0.0750. The van der Waals surface area contributed by atoms with E-state index in [2.05, 4.69) is 15.6 Å². The van der Waals surface area contributed by atoms with E-state index >= 15 is 0 Å². The summed E-state index contributed by atoms with van der Waals surface area (Å²) in [7, 11) is 1.69. The number of alkyl carbamates (subject to hydrolysis) is 1. The van der Waals surface area contributed by atoms with Gasteiger partial charge in [0.25, 0.3) is 0 Å². The van der Waals surface area contributed by atoms with Gasteiger partial charge in [0.1, 0.15) is 11.4 Å². The summed E-state index contributed by atoms with van der Waals surface area (Å²) in [4.78, 5) is 18.2. The average Bonchev–Trinajstić information content (AvgIpc) is 2.96. The first kappa shape index (κ1) is 22.5. The molecule has 2 rings (SSSR count). The minimum absolute atomic E-state index is 0. The van der Waals surface area contributed by atoms with Crippen LogP contribution in [-0.2, 0) is 11.3 Å². The molecule has 0 saturated carbocycles. The first-order valence-electron chi connectivity index (χ1n) is 8.47. The molecule has 1 heterocycles. The summed E-state index contributed by atoms with van der Waals surface area (Å²) in [5, 5.41) is 6.05. The number of benzene rings is 1. The largest absolute Gasteiger partial charge is 0.444 e. The molecule has 0 bridgehead atoms. The van der Waals surface area contributed by atoms with Crippen molar-refractivity contribution in [1.29, 1.82) is 0 Å². The van der Waals surface area contributed by atoms with Gasteiger partial charge >= 0.3 is 6.09 Å². The van der Waals surface area contributed by atoms with Crippen molar-refractivity contribution in [3.8, 4) is 0 Å². The molecule has 2 N–H and O–H groups in total. The topological polar surface area (TPSA) is 66.0 Å². The number of aliphatic imine (C=N–C) groups is 1. The standard InChI is InChI=1S/C18H27FN4O2.HI/c1-18(2,3)25-17(24)22-14-9-10-23(12-14)16(20-4)21-11-13-7-5-6-8-15(13)19;/h5-8,14H,9-12H2,1-4H3,(H,20,21)(H,22,24);1H. The van der Waals surface area contributed by atoms with Crippen LogP contribution in [0.25, 0.3) is 0 Å². The lowest BCUT2D eigenvalue weighted by Gasteiger charge is -2.23. The number of likely N-dealkylation sites (tertiary alicyclic amines) is 1. The fourth-order valence-corrected chi connectivity index (χ4v) is 2.69. The van der Waals surface area contributed by atoms with Gasteiger partial charge in [-0.2, -0.15) is 0 Å². The summed E-state index contributed by atoms with van der Waals surface area (Å²) < 4.78 is 19.0. The zero-order valence-corrected chi connectivity index (χ0v) is 18.0. The molecule has 1 saturated heterocycles. The van der Waals surface area contributed by atoms with E-state index in [9.17, 15) is 9.18 Å². The number of nitrogens with one attached hydrogen (secondary N) is 2. The van der Waals surface area contributed by atoms with Crippen LogP contribution < -0.4 is 10.6 Å². The molecule has 0 spiro atoms. The van der Waals surface area contributed by atoms with Gasteiger partial charge in [0.05, 0.1) is 6.04 Å². The SMILES string of the molecule is CN=C(NCc1ccccc1F)N1CCC(NC(=O)OC(C)(C)C)C1.I. The van der Waals surface area contributed by atoms with Crippen molar-refractivity contribution in [2.75, 3.05) is 20.1 Å². The highest BCUT2D eigenvalue weighted by Gasteiger charge is 2.27. The van der Waals surface area contributed by atoms with Gasteiger partial charge < -0.3 is 20.3 Å². The minimum atomic E-state index is -0.514. The number of carbonyl (C=O) groups excluding carboxylic acids is 1. The zero-order valence-electron chi connectivity index (χ0n) is 15.7. The van der Waals surface area contributed by atoms with E-state index in [1.807, 2.05) is 25.7 Å². The van der Waals surface area contributed by atoms with Crippen LogP contribution in [0.4, 0.5) is 9.18 Å². The van der Waals surface area contributed by atoms with E-state index in [4.69, 9.17) is 4.74 Å². The molecule has 1 aromatic rings. The van der Waals surface area contributed by atoms with Gasteiger partial charge in [0, 0.05) is 32.2 Å². The van der Waals surface area contributed by atoms with Gasteiger partial charge in [-0.25, -0.2) is 9.18 Å². The quantitative estimate of drug-likeness (QED) is 0.398. The summed E-state index contributed by atoms with van der Waals surface area (Å²) in [6.45, 7) is 7.26. The number of carbonyl (C=O) groups is 1. The fraction of sp³-hybridized carbons (Fsp3) is 0.556. The Hall–Kier alpha value is -1.58. The van der Waals surface area contributed by atoms with Gasteiger partial charge in [-0.1, -0.05) is 18.2 Å². The average molecular weight is 478 g/mol. The first-order valence-corrected chi connectivity index (χ1v) is 8.47. The third-order valence-corrected chi connectivity index (χ3v) is 3.82. The molecule has 1 atom stereocenters. The highest BCUT2D eigenvalue weighted by molar-refractivity contribution is 14.0. The maximum atomic E-state index is 13.7. The molecular weight excluding hydrogens is 450 g/mol. The summed E-state index contributed by atoms with van der Waals surface area (Å²) >= 11 is 0. The molecule has 1 amide bonds. The molecule has 8 heteroatoms. The van der Waals surface area contributed by atoms with E-state index in [-0.39, 0.29) is 35.8 Å². The Morgan fingerprint density at radius 2 is 2.08 bits per heavy atom. The molecule has 146 valence electrons. The van der Waals surface area contributed by atoms with Crippen LogP contribution in [-0.4, -0.2) is 48.7 Å². The summed E-state index contributed by atoms with van der Waals surface area (Å²) in [6, 6.07) is 6.66. The second-order valence-corrected chi connectivity index (χ2v) is 7.07. The highest BCUT2D eigenvalue weighted by atomic mass is 127.